The van der Waals surface area contributed by atoms with Crippen LogP contribution in [-0.4, -0.2) is 17.7 Å². The summed E-state index contributed by atoms with van der Waals surface area (Å²) in [5, 5.41) is 9.57. The van der Waals surface area contributed by atoms with Crippen molar-refractivity contribution in [3.63, 3.8) is 0 Å². The van der Waals surface area contributed by atoms with Crippen LogP contribution in [0.25, 0.3) is 0 Å². The van der Waals surface area contributed by atoms with E-state index in [4.69, 9.17) is 4.74 Å². The molecule has 0 unspecified atom stereocenters. The van der Waals surface area contributed by atoms with E-state index in [9.17, 15) is 36.2 Å². The van der Waals surface area contributed by atoms with Crippen molar-refractivity contribution in [1.29, 1.82) is 0 Å². The summed E-state index contributed by atoms with van der Waals surface area (Å²) in [6, 6.07) is 10.7. The molecule has 0 bridgehead atoms. The fraction of sp³-hybridized carbons (Fsp3) is 0.480. The topological polar surface area (TPSA) is 46.5 Å². The smallest absolute Gasteiger partial charge is 0.416 e. The molecule has 0 radical (unpaired) electrons. The van der Waals surface area contributed by atoms with Gasteiger partial charge < -0.3 is 9.84 Å². The van der Waals surface area contributed by atoms with Gasteiger partial charge in [-0.15, -0.1) is 0 Å². The first-order valence-electron chi connectivity index (χ1n) is 10.9. The average molecular weight is 488 g/mol. The molecule has 0 aliphatic heterocycles. The molecule has 1 fully saturated rings. The summed E-state index contributed by atoms with van der Waals surface area (Å²) in [4.78, 5) is 11.7. The molecule has 2 aromatic carbocycles. The highest BCUT2D eigenvalue weighted by Crippen LogP contribution is 2.48. The van der Waals surface area contributed by atoms with Gasteiger partial charge in [-0.1, -0.05) is 30.3 Å². The van der Waals surface area contributed by atoms with Gasteiger partial charge in [-0.25, -0.2) is 0 Å². The Labute approximate surface area is 193 Å². The number of hydrogen-bond donors (Lipinski definition) is 1. The quantitative estimate of drug-likeness (QED) is 0.431. The summed E-state index contributed by atoms with van der Waals surface area (Å²) in [7, 11) is 0. The van der Waals surface area contributed by atoms with Crippen LogP contribution in [0.3, 0.4) is 0 Å². The maximum absolute atomic E-state index is 13.2. The third kappa shape index (κ3) is 5.56. The first-order valence-corrected chi connectivity index (χ1v) is 10.9. The fourth-order valence-electron chi connectivity index (χ4n) is 4.40. The normalized spacial score (nSPS) is 24.6. The second-order valence-electron chi connectivity index (χ2n) is 9.30. The van der Waals surface area contributed by atoms with Gasteiger partial charge in [0.2, 0.25) is 0 Å². The number of halogens is 6. The van der Waals surface area contributed by atoms with Crippen LogP contribution in [0.15, 0.2) is 48.5 Å². The van der Waals surface area contributed by atoms with E-state index >= 15 is 0 Å². The summed E-state index contributed by atoms with van der Waals surface area (Å²) in [6.45, 7) is 3.12. The van der Waals surface area contributed by atoms with Crippen molar-refractivity contribution in [2.45, 2.75) is 63.4 Å². The molecule has 1 atom stereocenters. The number of alkyl halides is 6. The monoisotopic (exact) mass is 488 g/mol. The minimum absolute atomic E-state index is 0.0332. The Hall–Kier alpha value is -2.55. The van der Waals surface area contributed by atoms with Gasteiger partial charge in [-0.3, -0.25) is 4.79 Å². The maximum Gasteiger partial charge on any atom is 0.416 e. The van der Waals surface area contributed by atoms with Crippen molar-refractivity contribution >= 4 is 5.97 Å². The highest BCUT2D eigenvalue weighted by molar-refractivity contribution is 5.74. The van der Waals surface area contributed by atoms with E-state index in [2.05, 4.69) is 0 Å². The van der Waals surface area contributed by atoms with Gasteiger partial charge >= 0.3 is 18.3 Å². The Bertz CT molecular complexity index is 973. The molecular formula is C25H26F6O3. The number of carbonyl (C=O) groups is 1. The van der Waals surface area contributed by atoms with Crippen molar-refractivity contribution in [3.05, 3.63) is 70.8 Å². The maximum atomic E-state index is 13.2. The van der Waals surface area contributed by atoms with E-state index in [-0.39, 0.29) is 18.2 Å². The molecule has 0 aromatic heterocycles. The summed E-state index contributed by atoms with van der Waals surface area (Å²) >= 11 is 0. The van der Waals surface area contributed by atoms with Gasteiger partial charge in [-0.2, -0.15) is 26.3 Å². The Morgan fingerprint density at radius 3 is 1.88 bits per heavy atom. The lowest BCUT2D eigenvalue weighted by Gasteiger charge is -2.44. The summed E-state index contributed by atoms with van der Waals surface area (Å²) in [5.41, 5.74) is -3.60. The van der Waals surface area contributed by atoms with Crippen molar-refractivity contribution in [2.75, 3.05) is 6.61 Å². The molecule has 1 aliphatic rings. The molecule has 0 heterocycles. The SMILES string of the molecule is C[C@@H](OCC1(c2ccccc2)CCC(C)(C(=O)O)CC1)c1cc(C(F)(F)F)cc(C(F)(F)F)c1. The number of ether oxygens (including phenoxy) is 1. The van der Waals surface area contributed by atoms with Crippen LogP contribution >= 0.6 is 0 Å². The zero-order valence-corrected chi connectivity index (χ0v) is 18.8. The van der Waals surface area contributed by atoms with Crippen LogP contribution < -0.4 is 0 Å². The second kappa shape index (κ2) is 9.24. The third-order valence-corrected chi connectivity index (χ3v) is 6.90. The Morgan fingerprint density at radius 2 is 1.44 bits per heavy atom. The zero-order valence-electron chi connectivity index (χ0n) is 18.8. The number of rotatable bonds is 6. The summed E-state index contributed by atoms with van der Waals surface area (Å²) in [5.74, 6) is -0.896. The highest BCUT2D eigenvalue weighted by Gasteiger charge is 2.45. The van der Waals surface area contributed by atoms with Gasteiger partial charge in [0, 0.05) is 5.41 Å². The predicted molar refractivity (Wildman–Crippen MR) is 113 cm³/mol. The standard InChI is InChI=1S/C25H26F6O3/c1-16(17-12-19(24(26,27)28)14-20(13-17)25(29,30)31)34-15-23(18-6-4-3-5-7-18)10-8-22(2,9-11-23)21(32)33/h3-7,12-14,16H,8-11,15H2,1-2H3,(H,32,33)/t16-,22?,23?/m1/s1. The Morgan fingerprint density at radius 1 is 0.941 bits per heavy atom. The molecular weight excluding hydrogens is 462 g/mol. The number of carboxylic acid groups (broad SMARTS) is 1. The molecule has 34 heavy (non-hydrogen) atoms. The molecule has 1 aliphatic carbocycles. The molecule has 2 aromatic rings. The van der Waals surface area contributed by atoms with E-state index in [1.54, 1.807) is 6.92 Å². The Balaban J connectivity index is 1.89. The number of benzene rings is 2. The van der Waals surface area contributed by atoms with Gasteiger partial charge in [0.25, 0.3) is 0 Å². The second-order valence-corrected chi connectivity index (χ2v) is 9.30. The van der Waals surface area contributed by atoms with E-state index in [1.165, 1.54) is 6.92 Å². The van der Waals surface area contributed by atoms with Crippen LogP contribution in [-0.2, 0) is 27.3 Å². The molecule has 1 N–H and O–H groups in total. The molecule has 0 saturated heterocycles. The van der Waals surface area contributed by atoms with E-state index < -0.39 is 46.4 Å². The summed E-state index contributed by atoms with van der Waals surface area (Å²) < 4.78 is 85.3. The van der Waals surface area contributed by atoms with Gasteiger partial charge in [0.15, 0.2) is 0 Å². The fourth-order valence-corrected chi connectivity index (χ4v) is 4.40. The van der Waals surface area contributed by atoms with Crippen LogP contribution in [0.2, 0.25) is 0 Å². The first-order chi connectivity index (χ1) is 15.7. The number of aliphatic carboxylic acids is 1. The third-order valence-electron chi connectivity index (χ3n) is 6.90. The zero-order chi connectivity index (χ0) is 25.4. The van der Waals surface area contributed by atoms with Gasteiger partial charge in [-0.05, 0) is 68.9 Å². The number of carboxylic acids is 1. The molecule has 9 heteroatoms. The highest BCUT2D eigenvalue weighted by atomic mass is 19.4. The van der Waals surface area contributed by atoms with Crippen molar-refractivity contribution in [2.24, 2.45) is 5.41 Å². The minimum Gasteiger partial charge on any atom is -0.481 e. The summed E-state index contributed by atoms with van der Waals surface area (Å²) in [6.07, 6.45) is -9.26. The molecule has 1 saturated carbocycles. The lowest BCUT2D eigenvalue weighted by molar-refractivity contribution is -0.151. The van der Waals surface area contributed by atoms with Crippen molar-refractivity contribution in [1.82, 2.24) is 0 Å². The minimum atomic E-state index is -4.94. The lowest BCUT2D eigenvalue weighted by Crippen LogP contribution is -2.42. The molecule has 3 nitrogen and oxygen atoms in total. The largest absolute Gasteiger partial charge is 0.481 e. The van der Waals surface area contributed by atoms with Crippen LogP contribution in [0.5, 0.6) is 0 Å². The molecule has 0 amide bonds. The first kappa shape index (κ1) is 26.1. The average Bonchev–Trinajstić information content (AvgIpc) is 2.78. The number of hydrogen-bond acceptors (Lipinski definition) is 2. The van der Waals surface area contributed by atoms with Crippen LogP contribution in [0.1, 0.15) is 67.9 Å². The molecule has 0 spiro atoms. The van der Waals surface area contributed by atoms with Crippen LogP contribution in [0, 0.1) is 5.41 Å². The van der Waals surface area contributed by atoms with E-state index in [0.717, 1.165) is 5.56 Å². The van der Waals surface area contributed by atoms with Gasteiger partial charge in [0.1, 0.15) is 0 Å². The molecule has 186 valence electrons. The van der Waals surface area contributed by atoms with Crippen molar-refractivity contribution in [3.8, 4) is 0 Å². The van der Waals surface area contributed by atoms with E-state index in [1.807, 2.05) is 30.3 Å². The van der Waals surface area contributed by atoms with Crippen LogP contribution in [0.4, 0.5) is 26.3 Å². The van der Waals surface area contributed by atoms with Crippen molar-refractivity contribution < 1.29 is 41.0 Å². The lowest BCUT2D eigenvalue weighted by atomic mass is 9.62. The Kier molecular flexibility index (Phi) is 7.09. The van der Waals surface area contributed by atoms with E-state index in [0.29, 0.717) is 37.8 Å². The van der Waals surface area contributed by atoms with Gasteiger partial charge in [0.05, 0.1) is 29.3 Å². The molecule has 3 rings (SSSR count). The predicted octanol–water partition coefficient (Wildman–Crippen LogP) is 7.40.